The number of carbonyl (C=O) groups excluding carboxylic acids is 12. The van der Waals surface area contributed by atoms with Crippen molar-refractivity contribution in [2.24, 2.45) is 0 Å². The van der Waals surface area contributed by atoms with Gasteiger partial charge >= 0.3 is 23.9 Å². The van der Waals surface area contributed by atoms with Crippen LogP contribution in [0.2, 0.25) is 0 Å². The molecule has 0 unspecified atom stereocenters. The van der Waals surface area contributed by atoms with Crippen molar-refractivity contribution >= 4 is 70.1 Å². The van der Waals surface area contributed by atoms with Crippen molar-refractivity contribution in [3.05, 3.63) is 195 Å². The van der Waals surface area contributed by atoms with Crippen LogP contribution in [0.25, 0.3) is 0 Å². The van der Waals surface area contributed by atoms with Crippen LogP contribution in [0.4, 0.5) is 0 Å². The summed E-state index contributed by atoms with van der Waals surface area (Å²) in [6.07, 6.45) is 0. The highest BCUT2D eigenvalue weighted by Gasteiger charge is 2.95. The summed E-state index contributed by atoms with van der Waals surface area (Å²) in [7, 11) is 0. The van der Waals surface area contributed by atoms with E-state index in [1.165, 1.54) is 0 Å². The van der Waals surface area contributed by atoms with Crippen molar-refractivity contribution in [3.8, 4) is 190 Å². The molecule has 4 atom stereocenters. The number of ketones is 8. The molecule has 34 N–H and O–H groups in total. The summed E-state index contributed by atoms with van der Waals surface area (Å²) in [5.41, 5.74) is -63.6. The standard InChI is InChI=1S/C83H56O50/c84-34-1-23(2-35(85)57(34)107)56(106)74(124)80(70(120)26-7-40(90)60(110)41(91)8-26,130-75(125)30-15-48(98)64(114)49(99)16-30)82(72(122)28-11-44(94)62(112)45(95)12-28,132-77(127)32-19-52(102)66(116)53(103)20-32)83(73(123)29-13-46(96)63(113)47(97)14-29,133-78(128)33-21-54(104)67(117)55(105)22-33)81(71(121)27-9-42(92)61(111)43(93)10-27,131-76(126)31-17-50(100)65(115)51(101)18-31)79(129,68(118)24-3-36(86)58(108)37(87)4-24)69(119)25-5-38(88)59(109)39(89)6-25/h1-22,84-105,107-117,129H/t80-,81+,82+,83+/m0/s1. The zero-order valence-corrected chi connectivity index (χ0v) is 64.9. The number of phenolic OH excluding ortho intramolecular Hbond substituents is 33. The van der Waals surface area contributed by atoms with Crippen molar-refractivity contribution in [2.75, 3.05) is 0 Å². The molecule has 0 aliphatic heterocycles. The number of carbonyl (C=O) groups is 12. The molecule has 0 amide bonds. The second-order valence-electron chi connectivity index (χ2n) is 28.1. The summed E-state index contributed by atoms with van der Waals surface area (Å²) in [6, 6.07) is -10.4. The van der Waals surface area contributed by atoms with Gasteiger partial charge in [-0.05, 0) is 133 Å². The van der Waals surface area contributed by atoms with Crippen molar-refractivity contribution in [2.45, 2.75) is 28.0 Å². The van der Waals surface area contributed by atoms with Gasteiger partial charge in [-0.25, -0.2) is 19.2 Å². The topological polar surface area (TPSA) is 930 Å². The molecule has 0 heterocycles. The second kappa shape index (κ2) is 33.2. The van der Waals surface area contributed by atoms with Gasteiger partial charge in [-0.3, -0.25) is 38.4 Å². The van der Waals surface area contributed by atoms with Gasteiger partial charge in [0, 0.05) is 38.9 Å². The highest BCUT2D eigenvalue weighted by molar-refractivity contribution is 6.53. The lowest BCUT2D eigenvalue weighted by atomic mass is 9.49. The van der Waals surface area contributed by atoms with E-state index in [1.54, 1.807) is 0 Å². The maximum atomic E-state index is 19.4. The Morgan fingerprint density at radius 2 is 0.308 bits per heavy atom. The molecule has 50 nitrogen and oxygen atoms in total. The minimum absolute atomic E-state index is 0.326. The largest absolute Gasteiger partial charge is 0.504 e. The van der Waals surface area contributed by atoms with Crippen molar-refractivity contribution in [1.82, 2.24) is 0 Å². The van der Waals surface area contributed by atoms with Gasteiger partial charge in [-0.15, -0.1) is 0 Å². The molecule has 0 radical (unpaired) electrons. The Kier molecular flexibility index (Phi) is 23.4. The summed E-state index contributed by atoms with van der Waals surface area (Å²) in [6.45, 7) is 0. The number of Topliss-reactive ketones (excluding diaryl/α,β-unsaturated/α-hetero) is 8. The van der Waals surface area contributed by atoms with Crippen LogP contribution in [-0.2, 0) is 23.7 Å². The van der Waals surface area contributed by atoms with E-state index in [2.05, 4.69) is 0 Å². The van der Waals surface area contributed by atoms with Gasteiger partial charge in [0.15, 0.2) is 190 Å². The fourth-order valence-electron chi connectivity index (χ4n) is 13.6. The molecule has 0 spiro atoms. The summed E-state index contributed by atoms with van der Waals surface area (Å²) in [4.78, 5) is 216. The fraction of sp³-hybridized carbons (Fsp3) is 0.0602. The molecular formula is C83H56O50. The molecule has 0 aromatic heterocycles. The van der Waals surface area contributed by atoms with Gasteiger partial charge in [0.2, 0.25) is 46.1 Å². The molecule has 0 fully saturated rings. The van der Waals surface area contributed by atoms with Crippen LogP contribution in [0.15, 0.2) is 133 Å². The van der Waals surface area contributed by atoms with E-state index in [0.29, 0.717) is 0 Å². The van der Waals surface area contributed by atoms with E-state index in [0.717, 1.165) is 0 Å². The molecule has 0 aliphatic carbocycles. The number of esters is 4. The normalized spacial score (nSPS) is 13.1. The lowest BCUT2D eigenvalue weighted by Gasteiger charge is -2.60. The van der Waals surface area contributed by atoms with E-state index < -0.39 is 446 Å². The first-order valence-corrected chi connectivity index (χ1v) is 35.6. The first-order chi connectivity index (χ1) is 61.8. The zero-order chi connectivity index (χ0) is 99.2. The molecule has 0 saturated heterocycles. The van der Waals surface area contributed by atoms with E-state index in [4.69, 9.17) is 18.9 Å². The minimum atomic E-state index is -7.70. The first kappa shape index (κ1) is 93.7. The highest BCUT2D eigenvalue weighted by atomic mass is 16.7. The Labute approximate surface area is 730 Å². The van der Waals surface area contributed by atoms with E-state index in [1.807, 2.05) is 0 Å². The molecule has 50 heteroatoms. The Morgan fingerprint density at radius 3 is 0.519 bits per heavy atom. The van der Waals surface area contributed by atoms with Crippen molar-refractivity contribution < 1.29 is 250 Å². The molecular weight excluding hydrogens is 1800 g/mol. The summed E-state index contributed by atoms with van der Waals surface area (Å²) >= 11 is 0. The first-order valence-electron chi connectivity index (χ1n) is 35.6. The van der Waals surface area contributed by atoms with Gasteiger partial charge in [0.25, 0.3) is 28.2 Å². The number of rotatable bonds is 27. The third-order valence-electron chi connectivity index (χ3n) is 20.0. The van der Waals surface area contributed by atoms with Crippen LogP contribution < -0.4 is 0 Å². The van der Waals surface area contributed by atoms with Gasteiger partial charge in [-0.1, -0.05) is 0 Å². The van der Waals surface area contributed by atoms with Crippen molar-refractivity contribution in [1.29, 1.82) is 0 Å². The minimum Gasteiger partial charge on any atom is -0.504 e. The molecule has 11 aromatic carbocycles. The Hall–Kier alpha value is -20.0. The quantitative estimate of drug-likeness (QED) is 0.00878. The maximum absolute atomic E-state index is 19.4. The number of ether oxygens (including phenoxy) is 4. The van der Waals surface area contributed by atoms with Crippen LogP contribution in [0.3, 0.4) is 0 Å². The smallest absolute Gasteiger partial charge is 0.340 e. The number of aliphatic hydroxyl groups is 1. The lowest BCUT2D eigenvalue weighted by Crippen LogP contribution is -2.93. The van der Waals surface area contributed by atoms with Crippen LogP contribution in [0.5, 0.6) is 190 Å². The second-order valence-corrected chi connectivity index (χ2v) is 28.1. The number of hydrogen-bond donors (Lipinski definition) is 34. The van der Waals surface area contributed by atoms with Gasteiger partial charge < -0.3 is 193 Å². The number of benzene rings is 11. The monoisotopic (exact) mass is 1850 g/mol. The molecule has 133 heavy (non-hydrogen) atoms. The van der Waals surface area contributed by atoms with Crippen LogP contribution in [-0.4, -0.2) is 272 Å². The lowest BCUT2D eigenvalue weighted by molar-refractivity contribution is -0.245. The number of aromatic hydroxyl groups is 33. The molecule has 0 bridgehead atoms. The predicted octanol–water partition coefficient (Wildman–Crippen LogP) is 3.13. The van der Waals surface area contributed by atoms with Crippen molar-refractivity contribution in [3.63, 3.8) is 0 Å². The summed E-state index contributed by atoms with van der Waals surface area (Å²) in [5.74, 6) is -114. The predicted molar refractivity (Wildman–Crippen MR) is 419 cm³/mol. The van der Waals surface area contributed by atoms with Crippen LogP contribution >= 0.6 is 0 Å². The van der Waals surface area contributed by atoms with Gasteiger partial charge in [0.1, 0.15) is 0 Å². The van der Waals surface area contributed by atoms with E-state index in [9.17, 15) is 169 Å². The average molecular weight is 1850 g/mol. The molecule has 11 rings (SSSR count). The fourth-order valence-corrected chi connectivity index (χ4v) is 13.6. The summed E-state index contributed by atoms with van der Waals surface area (Å²) < 4.78 is 24.2. The molecule has 11 aromatic rings. The van der Waals surface area contributed by atoms with Crippen LogP contribution in [0, 0.1) is 0 Å². The van der Waals surface area contributed by atoms with E-state index >= 15 is 62.6 Å². The molecule has 688 valence electrons. The Balaban J connectivity index is 1.75. The third kappa shape index (κ3) is 14.9. The summed E-state index contributed by atoms with van der Waals surface area (Å²) in [5, 5.41) is 394. The Bertz CT molecular complexity index is 6680. The zero-order valence-electron chi connectivity index (χ0n) is 64.9. The van der Waals surface area contributed by atoms with Gasteiger partial charge in [0.05, 0.1) is 22.3 Å². The Morgan fingerprint density at radius 1 is 0.165 bits per heavy atom. The van der Waals surface area contributed by atoms with Gasteiger partial charge in [-0.2, -0.15) is 0 Å². The van der Waals surface area contributed by atoms with Crippen LogP contribution in [0.1, 0.15) is 114 Å². The van der Waals surface area contributed by atoms with E-state index in [-0.39, 0.29) is 36.4 Å². The number of phenols is 33. The third-order valence-corrected chi connectivity index (χ3v) is 20.0. The average Bonchev–Trinajstić information content (AvgIpc) is 0.641. The number of hydrogen-bond acceptors (Lipinski definition) is 50. The highest BCUT2D eigenvalue weighted by Crippen LogP contribution is 2.63. The SMILES string of the molecule is O=C(O[C@](C(=O)C(=O)c1cc(O)c(O)c(O)c1)(C(=O)c1cc(O)c(O)c(O)c1)[C@](OC(=O)c1cc(O)c(O)c(O)c1)(C(=O)c1cc(O)c(O)c(O)c1)[C@@](OC(=O)c1cc(O)c(O)c(O)c1)(C(=O)c1cc(O)c(O)c(O)c1)[C@@](OC(=O)c1cc(O)c(O)c(O)c1)(C(=O)c1cc(O)c(O)c(O)c1)C(O)(C(=O)c1cc(O)c(O)c(O)c1)C(=O)c1cc(O)c(O)c(O)c1)c1cc(O)c(O)c(O)c1. The maximum Gasteiger partial charge on any atom is 0.340 e. The molecule has 0 aliphatic rings. The molecule has 0 saturated carbocycles.